The van der Waals surface area contributed by atoms with E-state index in [2.05, 4.69) is 10.6 Å². The van der Waals surface area contributed by atoms with Crippen LogP contribution in [-0.2, 0) is 6.61 Å². The number of fused-ring (bicyclic) bond motifs is 2. The Morgan fingerprint density at radius 3 is 2.50 bits per heavy atom. The van der Waals surface area contributed by atoms with E-state index in [1.54, 1.807) is 0 Å². The third-order valence-corrected chi connectivity index (χ3v) is 5.15. The van der Waals surface area contributed by atoms with Gasteiger partial charge in [-0.3, -0.25) is 4.79 Å². The van der Waals surface area contributed by atoms with Crippen molar-refractivity contribution >= 4 is 18.3 Å². The Hall–Kier alpha value is -2.04. The number of nitrogens with one attached hydrogen (secondary N) is 2. The molecule has 2 aliphatic heterocycles. The van der Waals surface area contributed by atoms with Crippen LogP contribution in [0, 0.1) is 0 Å². The summed E-state index contributed by atoms with van der Waals surface area (Å²) in [6.07, 6.45) is 4.54. The molecule has 2 aromatic rings. The molecule has 2 saturated heterocycles. The molecule has 2 aromatic carbocycles. The third-order valence-electron chi connectivity index (χ3n) is 5.15. The van der Waals surface area contributed by atoms with Gasteiger partial charge >= 0.3 is 0 Å². The minimum absolute atomic E-state index is 0. The molecule has 2 unspecified atom stereocenters. The standard InChI is InChI=1S/C21H24N2O2.ClH/c24-21(23-19-12-17-9-10-18(13-19)22-17)16-7-4-8-20(11-16)25-14-15-5-2-1-3-6-15;/h1-8,11,17-19,22H,9-10,12-14H2,(H,23,24);1H. The molecule has 4 nitrogen and oxygen atoms in total. The first kappa shape index (κ1) is 18.7. The number of rotatable bonds is 5. The Morgan fingerprint density at radius 1 is 1.04 bits per heavy atom. The highest BCUT2D eigenvalue weighted by molar-refractivity contribution is 5.94. The van der Waals surface area contributed by atoms with Gasteiger partial charge in [0.15, 0.2) is 0 Å². The van der Waals surface area contributed by atoms with Crippen LogP contribution in [0.4, 0.5) is 0 Å². The molecule has 0 aliphatic carbocycles. The molecule has 2 atom stereocenters. The fraction of sp³-hybridized carbons (Fsp3) is 0.381. The minimum atomic E-state index is -0.00328. The van der Waals surface area contributed by atoms with Crippen LogP contribution in [0.15, 0.2) is 54.6 Å². The number of ether oxygens (including phenoxy) is 1. The molecule has 0 saturated carbocycles. The van der Waals surface area contributed by atoms with Gasteiger partial charge in [-0.2, -0.15) is 0 Å². The van der Waals surface area contributed by atoms with Crippen molar-refractivity contribution in [3.05, 3.63) is 65.7 Å². The maximum absolute atomic E-state index is 12.6. The summed E-state index contributed by atoms with van der Waals surface area (Å²) in [4.78, 5) is 12.6. The summed E-state index contributed by atoms with van der Waals surface area (Å²) in [6.45, 7) is 0.504. The number of carbonyl (C=O) groups excluding carboxylic acids is 1. The van der Waals surface area contributed by atoms with Gasteiger partial charge in [0.25, 0.3) is 5.91 Å². The summed E-state index contributed by atoms with van der Waals surface area (Å²) in [5.41, 5.74) is 1.78. The summed E-state index contributed by atoms with van der Waals surface area (Å²) >= 11 is 0. The summed E-state index contributed by atoms with van der Waals surface area (Å²) in [5.74, 6) is 0.721. The van der Waals surface area contributed by atoms with Gasteiger partial charge in [0, 0.05) is 23.7 Å². The second kappa shape index (κ2) is 8.56. The Morgan fingerprint density at radius 2 is 1.77 bits per heavy atom. The van der Waals surface area contributed by atoms with Gasteiger partial charge in [-0.05, 0) is 49.4 Å². The first-order valence-corrected chi connectivity index (χ1v) is 9.10. The number of hydrogen-bond acceptors (Lipinski definition) is 3. The van der Waals surface area contributed by atoms with E-state index in [-0.39, 0.29) is 24.4 Å². The van der Waals surface area contributed by atoms with Gasteiger partial charge in [0.1, 0.15) is 12.4 Å². The fourth-order valence-corrected chi connectivity index (χ4v) is 3.91. The lowest BCUT2D eigenvalue weighted by Gasteiger charge is -2.29. The SMILES string of the molecule is Cl.O=C(NC1CC2CCC(C1)N2)c1cccc(OCc2ccccc2)c1. The third kappa shape index (κ3) is 4.57. The zero-order chi connectivity index (χ0) is 17.1. The molecule has 138 valence electrons. The minimum Gasteiger partial charge on any atom is -0.489 e. The van der Waals surface area contributed by atoms with Crippen molar-refractivity contribution in [2.75, 3.05) is 0 Å². The predicted octanol–water partition coefficient (Wildman–Crippen LogP) is 3.70. The number of piperidine rings is 1. The van der Waals surface area contributed by atoms with E-state index in [1.807, 2.05) is 54.6 Å². The average Bonchev–Trinajstić information content (AvgIpc) is 2.99. The molecule has 26 heavy (non-hydrogen) atoms. The number of halogens is 1. The maximum atomic E-state index is 12.6. The van der Waals surface area contributed by atoms with Crippen LogP contribution >= 0.6 is 12.4 Å². The maximum Gasteiger partial charge on any atom is 0.251 e. The Bertz CT molecular complexity index is 726. The van der Waals surface area contributed by atoms with Crippen molar-refractivity contribution in [1.29, 1.82) is 0 Å². The zero-order valence-electron chi connectivity index (χ0n) is 14.7. The van der Waals surface area contributed by atoms with Crippen molar-refractivity contribution in [2.45, 2.75) is 50.4 Å². The molecule has 0 radical (unpaired) electrons. The lowest BCUT2D eigenvalue weighted by molar-refractivity contribution is 0.0923. The van der Waals surface area contributed by atoms with Gasteiger partial charge in [-0.1, -0.05) is 36.4 Å². The normalized spacial score (nSPS) is 23.8. The van der Waals surface area contributed by atoms with Crippen molar-refractivity contribution in [3.8, 4) is 5.75 Å². The zero-order valence-corrected chi connectivity index (χ0v) is 15.5. The van der Waals surface area contributed by atoms with Crippen LogP contribution in [0.3, 0.4) is 0 Å². The van der Waals surface area contributed by atoms with Gasteiger partial charge in [0.2, 0.25) is 0 Å². The summed E-state index contributed by atoms with van der Waals surface area (Å²) in [5, 5.41) is 6.81. The quantitative estimate of drug-likeness (QED) is 0.841. The van der Waals surface area contributed by atoms with Crippen molar-refractivity contribution in [1.82, 2.24) is 10.6 Å². The fourth-order valence-electron chi connectivity index (χ4n) is 3.91. The molecule has 2 N–H and O–H groups in total. The Labute approximate surface area is 160 Å². The highest BCUT2D eigenvalue weighted by Gasteiger charge is 2.34. The average molecular weight is 373 g/mol. The molecule has 0 spiro atoms. The lowest BCUT2D eigenvalue weighted by Crippen LogP contribution is -2.48. The number of benzene rings is 2. The molecular weight excluding hydrogens is 348 g/mol. The van der Waals surface area contributed by atoms with E-state index in [4.69, 9.17) is 4.74 Å². The Balaban J connectivity index is 0.00000196. The van der Waals surface area contributed by atoms with Crippen LogP contribution in [0.1, 0.15) is 41.6 Å². The second-order valence-corrected chi connectivity index (χ2v) is 7.08. The highest BCUT2D eigenvalue weighted by Crippen LogP contribution is 2.27. The molecule has 2 aliphatic rings. The molecule has 4 rings (SSSR count). The van der Waals surface area contributed by atoms with Gasteiger partial charge in [-0.15, -0.1) is 12.4 Å². The van der Waals surface area contributed by atoms with Gasteiger partial charge in [-0.25, -0.2) is 0 Å². The van der Waals surface area contributed by atoms with E-state index in [0.29, 0.717) is 24.3 Å². The van der Waals surface area contributed by atoms with Crippen LogP contribution < -0.4 is 15.4 Å². The summed E-state index contributed by atoms with van der Waals surface area (Å²) in [7, 11) is 0. The van der Waals surface area contributed by atoms with E-state index >= 15 is 0 Å². The molecule has 0 aromatic heterocycles. The molecule has 2 bridgehead atoms. The van der Waals surface area contributed by atoms with E-state index in [1.165, 1.54) is 12.8 Å². The number of hydrogen-bond donors (Lipinski definition) is 2. The van der Waals surface area contributed by atoms with Crippen molar-refractivity contribution < 1.29 is 9.53 Å². The van der Waals surface area contributed by atoms with Gasteiger partial charge in [0.05, 0.1) is 0 Å². The largest absolute Gasteiger partial charge is 0.489 e. The molecular formula is C21H25ClN2O2. The monoisotopic (exact) mass is 372 g/mol. The van der Waals surface area contributed by atoms with Crippen LogP contribution in [0.25, 0.3) is 0 Å². The van der Waals surface area contributed by atoms with Crippen molar-refractivity contribution in [2.24, 2.45) is 0 Å². The second-order valence-electron chi connectivity index (χ2n) is 7.08. The van der Waals surface area contributed by atoms with Crippen LogP contribution in [0.5, 0.6) is 5.75 Å². The summed E-state index contributed by atoms with van der Waals surface area (Å²) in [6, 6.07) is 18.9. The molecule has 2 fully saturated rings. The van der Waals surface area contributed by atoms with E-state index < -0.39 is 0 Å². The molecule has 1 amide bonds. The number of amides is 1. The first-order valence-electron chi connectivity index (χ1n) is 9.10. The van der Waals surface area contributed by atoms with E-state index in [0.717, 1.165) is 24.2 Å². The van der Waals surface area contributed by atoms with E-state index in [9.17, 15) is 4.79 Å². The van der Waals surface area contributed by atoms with Crippen LogP contribution in [-0.4, -0.2) is 24.0 Å². The number of carbonyl (C=O) groups is 1. The predicted molar refractivity (Wildman–Crippen MR) is 105 cm³/mol. The smallest absolute Gasteiger partial charge is 0.251 e. The van der Waals surface area contributed by atoms with Crippen LogP contribution in [0.2, 0.25) is 0 Å². The van der Waals surface area contributed by atoms with Gasteiger partial charge < -0.3 is 15.4 Å². The topological polar surface area (TPSA) is 50.4 Å². The highest BCUT2D eigenvalue weighted by atomic mass is 35.5. The molecule has 2 heterocycles. The van der Waals surface area contributed by atoms with Crippen molar-refractivity contribution in [3.63, 3.8) is 0 Å². The lowest BCUT2D eigenvalue weighted by atomic mass is 9.99. The first-order chi connectivity index (χ1) is 12.3. The summed E-state index contributed by atoms with van der Waals surface area (Å²) < 4.78 is 5.83. The Kier molecular flexibility index (Phi) is 6.17. The molecule has 5 heteroatoms.